The maximum atomic E-state index is 10.5. The van der Waals surface area contributed by atoms with Crippen LogP contribution in [0, 0.1) is 5.92 Å². The van der Waals surface area contributed by atoms with Crippen LogP contribution in [0.2, 0.25) is 0 Å². The Morgan fingerprint density at radius 1 is 1.50 bits per heavy atom. The highest BCUT2D eigenvalue weighted by Crippen LogP contribution is 2.43. The lowest BCUT2D eigenvalue weighted by Crippen LogP contribution is -2.53. The topological polar surface area (TPSA) is 49.3 Å². The molecule has 12 heavy (non-hydrogen) atoms. The van der Waals surface area contributed by atoms with Crippen LogP contribution in [-0.2, 0) is 4.79 Å². The van der Waals surface area contributed by atoms with E-state index in [0.29, 0.717) is 0 Å². The Morgan fingerprint density at radius 2 is 2.17 bits per heavy atom. The SMILES string of the molecule is Cl.O=C(O)C1CC2(CCCN2)C1. The van der Waals surface area contributed by atoms with Crippen molar-refractivity contribution >= 4 is 18.4 Å². The van der Waals surface area contributed by atoms with Gasteiger partial charge in [0.25, 0.3) is 0 Å². The molecule has 1 aliphatic heterocycles. The minimum atomic E-state index is -0.621. The number of hydrogen-bond acceptors (Lipinski definition) is 2. The first-order valence-electron chi connectivity index (χ1n) is 4.20. The van der Waals surface area contributed by atoms with Gasteiger partial charge < -0.3 is 10.4 Å². The van der Waals surface area contributed by atoms with Crippen LogP contribution in [0.4, 0.5) is 0 Å². The highest BCUT2D eigenvalue weighted by molar-refractivity contribution is 5.85. The molecule has 3 nitrogen and oxygen atoms in total. The quantitative estimate of drug-likeness (QED) is 0.651. The molecular formula is C8H14ClNO2. The third-order valence-electron chi connectivity index (χ3n) is 2.96. The van der Waals surface area contributed by atoms with Crippen molar-refractivity contribution in [3.63, 3.8) is 0 Å². The van der Waals surface area contributed by atoms with Crippen LogP contribution < -0.4 is 5.32 Å². The number of aliphatic carboxylic acids is 1. The minimum Gasteiger partial charge on any atom is -0.481 e. The lowest BCUT2D eigenvalue weighted by atomic mass is 9.67. The van der Waals surface area contributed by atoms with Gasteiger partial charge >= 0.3 is 5.97 Å². The molecule has 0 amide bonds. The van der Waals surface area contributed by atoms with Gasteiger partial charge in [-0.3, -0.25) is 4.79 Å². The second kappa shape index (κ2) is 3.23. The van der Waals surface area contributed by atoms with Gasteiger partial charge in [0.05, 0.1) is 5.92 Å². The van der Waals surface area contributed by atoms with E-state index >= 15 is 0 Å². The van der Waals surface area contributed by atoms with E-state index in [2.05, 4.69) is 5.32 Å². The summed E-state index contributed by atoms with van der Waals surface area (Å²) in [6.07, 6.45) is 4.09. The van der Waals surface area contributed by atoms with Crippen molar-refractivity contribution in [2.45, 2.75) is 31.2 Å². The van der Waals surface area contributed by atoms with Crippen LogP contribution in [0.5, 0.6) is 0 Å². The van der Waals surface area contributed by atoms with E-state index in [4.69, 9.17) is 5.11 Å². The third-order valence-corrected chi connectivity index (χ3v) is 2.96. The number of halogens is 1. The van der Waals surface area contributed by atoms with Gasteiger partial charge in [0.15, 0.2) is 0 Å². The zero-order chi connectivity index (χ0) is 7.90. The maximum absolute atomic E-state index is 10.5. The third kappa shape index (κ3) is 1.43. The molecule has 0 atom stereocenters. The Labute approximate surface area is 77.9 Å². The van der Waals surface area contributed by atoms with Crippen LogP contribution in [-0.4, -0.2) is 23.2 Å². The average molecular weight is 192 g/mol. The molecule has 1 heterocycles. The predicted octanol–water partition coefficient (Wildman–Crippen LogP) is 1.02. The first kappa shape index (κ1) is 9.81. The summed E-state index contributed by atoms with van der Waals surface area (Å²) in [6.45, 7) is 1.08. The average Bonchev–Trinajstić information content (AvgIpc) is 2.29. The molecule has 2 aliphatic rings. The molecule has 2 rings (SSSR count). The molecule has 0 aromatic rings. The summed E-state index contributed by atoms with van der Waals surface area (Å²) in [5.41, 5.74) is 0.239. The normalized spacial score (nSPS) is 38.8. The van der Waals surface area contributed by atoms with Crippen molar-refractivity contribution < 1.29 is 9.90 Å². The van der Waals surface area contributed by atoms with Crippen molar-refractivity contribution in [2.24, 2.45) is 5.92 Å². The van der Waals surface area contributed by atoms with E-state index < -0.39 is 5.97 Å². The van der Waals surface area contributed by atoms with Crippen LogP contribution >= 0.6 is 12.4 Å². The van der Waals surface area contributed by atoms with E-state index in [-0.39, 0.29) is 23.9 Å². The van der Waals surface area contributed by atoms with Crippen molar-refractivity contribution in [2.75, 3.05) is 6.54 Å². The second-order valence-electron chi connectivity index (χ2n) is 3.75. The molecule has 2 fully saturated rings. The van der Waals surface area contributed by atoms with Crippen LogP contribution in [0.3, 0.4) is 0 Å². The number of hydrogen-bond donors (Lipinski definition) is 2. The van der Waals surface area contributed by atoms with E-state index in [1.165, 1.54) is 12.8 Å². The van der Waals surface area contributed by atoms with Crippen LogP contribution in [0.1, 0.15) is 25.7 Å². The molecule has 2 N–H and O–H groups in total. The standard InChI is InChI=1S/C8H13NO2.ClH/c10-7(11)6-4-8(5-6)2-1-3-9-8;/h6,9H,1-5H2,(H,10,11);1H. The summed E-state index contributed by atoms with van der Waals surface area (Å²) in [5, 5.41) is 12.0. The van der Waals surface area contributed by atoms with Gasteiger partial charge in [-0.2, -0.15) is 0 Å². The molecule has 1 saturated heterocycles. The number of carboxylic acids is 1. The molecular weight excluding hydrogens is 178 g/mol. The predicted molar refractivity (Wildman–Crippen MR) is 47.6 cm³/mol. The second-order valence-corrected chi connectivity index (χ2v) is 3.75. The monoisotopic (exact) mass is 191 g/mol. The van der Waals surface area contributed by atoms with E-state index in [1.807, 2.05) is 0 Å². The largest absolute Gasteiger partial charge is 0.481 e. The van der Waals surface area contributed by atoms with Gasteiger partial charge in [-0.25, -0.2) is 0 Å². The first-order chi connectivity index (χ1) is 5.22. The number of carboxylic acid groups (broad SMARTS) is 1. The van der Waals surface area contributed by atoms with Crippen molar-refractivity contribution in [1.29, 1.82) is 0 Å². The van der Waals surface area contributed by atoms with Gasteiger partial charge in [0.2, 0.25) is 0 Å². The smallest absolute Gasteiger partial charge is 0.306 e. The summed E-state index contributed by atoms with van der Waals surface area (Å²) in [4.78, 5) is 10.5. The zero-order valence-electron chi connectivity index (χ0n) is 6.88. The number of nitrogens with one attached hydrogen (secondary N) is 1. The van der Waals surface area contributed by atoms with E-state index in [0.717, 1.165) is 19.4 Å². The molecule has 4 heteroatoms. The molecule has 0 unspecified atom stereocenters. The highest BCUT2D eigenvalue weighted by Gasteiger charge is 2.48. The summed E-state index contributed by atoms with van der Waals surface area (Å²) < 4.78 is 0. The molecule has 0 aromatic heterocycles. The Hall–Kier alpha value is -0.280. The summed E-state index contributed by atoms with van der Waals surface area (Å²) in [7, 11) is 0. The Bertz CT molecular complexity index is 181. The van der Waals surface area contributed by atoms with Gasteiger partial charge in [0.1, 0.15) is 0 Å². The molecule has 1 spiro atoms. The fourth-order valence-electron chi connectivity index (χ4n) is 2.28. The van der Waals surface area contributed by atoms with Crippen LogP contribution in [0.15, 0.2) is 0 Å². The van der Waals surface area contributed by atoms with Crippen molar-refractivity contribution in [3.8, 4) is 0 Å². The highest BCUT2D eigenvalue weighted by atomic mass is 35.5. The first-order valence-corrected chi connectivity index (χ1v) is 4.20. The van der Waals surface area contributed by atoms with Gasteiger partial charge in [-0.15, -0.1) is 12.4 Å². The Kier molecular flexibility index (Phi) is 2.64. The van der Waals surface area contributed by atoms with Crippen molar-refractivity contribution in [1.82, 2.24) is 5.32 Å². The molecule has 1 saturated carbocycles. The molecule has 1 aliphatic carbocycles. The van der Waals surface area contributed by atoms with E-state index in [9.17, 15) is 4.79 Å². The van der Waals surface area contributed by atoms with E-state index in [1.54, 1.807) is 0 Å². The molecule has 70 valence electrons. The zero-order valence-corrected chi connectivity index (χ0v) is 7.69. The summed E-state index contributed by atoms with van der Waals surface area (Å²) in [6, 6.07) is 0. The summed E-state index contributed by atoms with van der Waals surface area (Å²) in [5.74, 6) is -0.690. The number of carbonyl (C=O) groups is 1. The molecule has 0 bridgehead atoms. The van der Waals surface area contributed by atoms with Crippen LogP contribution in [0.25, 0.3) is 0 Å². The maximum Gasteiger partial charge on any atom is 0.306 e. The number of rotatable bonds is 1. The Balaban J connectivity index is 0.000000720. The minimum absolute atomic E-state index is 0. The summed E-state index contributed by atoms with van der Waals surface area (Å²) >= 11 is 0. The van der Waals surface area contributed by atoms with Gasteiger partial charge in [-0.1, -0.05) is 0 Å². The lowest BCUT2D eigenvalue weighted by Gasteiger charge is -2.43. The lowest BCUT2D eigenvalue weighted by molar-refractivity contribution is -0.147. The van der Waals surface area contributed by atoms with Gasteiger partial charge in [-0.05, 0) is 32.2 Å². The van der Waals surface area contributed by atoms with Gasteiger partial charge in [0, 0.05) is 5.54 Å². The fraction of sp³-hybridized carbons (Fsp3) is 0.875. The van der Waals surface area contributed by atoms with Crippen molar-refractivity contribution in [3.05, 3.63) is 0 Å². The Morgan fingerprint density at radius 3 is 2.58 bits per heavy atom. The molecule has 0 aromatic carbocycles. The fourth-order valence-corrected chi connectivity index (χ4v) is 2.28. The molecule has 0 radical (unpaired) electrons.